The lowest BCUT2D eigenvalue weighted by Gasteiger charge is -2.25. The van der Waals surface area contributed by atoms with E-state index >= 15 is 0 Å². The van der Waals surface area contributed by atoms with Crippen molar-refractivity contribution in [3.8, 4) is 0 Å². The van der Waals surface area contributed by atoms with Crippen molar-refractivity contribution in [3.63, 3.8) is 0 Å². The van der Waals surface area contributed by atoms with Crippen LogP contribution in [0.2, 0.25) is 0 Å². The van der Waals surface area contributed by atoms with Crippen LogP contribution in [0.1, 0.15) is 20.3 Å². The maximum atomic E-state index is 9.62. The Morgan fingerprint density at radius 1 is 1.64 bits per heavy atom. The minimum Gasteiger partial charge on any atom is -0.391 e. The van der Waals surface area contributed by atoms with Crippen molar-refractivity contribution in [2.45, 2.75) is 32.4 Å². The molecule has 0 saturated carbocycles. The number of likely N-dealkylation sites (N-methyl/N-ethyl adjacent to an activating group) is 1. The van der Waals surface area contributed by atoms with Crippen molar-refractivity contribution < 1.29 is 5.11 Å². The number of hydrogen-bond acceptors (Lipinski definition) is 2. The molecular formula is C9H17NO. The Balaban J connectivity index is 2.65. The van der Waals surface area contributed by atoms with E-state index in [1.807, 2.05) is 7.05 Å². The molecule has 0 spiro atoms. The van der Waals surface area contributed by atoms with Crippen LogP contribution in [0.25, 0.3) is 0 Å². The second-order valence-corrected chi connectivity index (χ2v) is 3.50. The molecule has 1 aliphatic rings. The summed E-state index contributed by atoms with van der Waals surface area (Å²) in [5.74, 6) is 0. The van der Waals surface area contributed by atoms with Gasteiger partial charge in [0.25, 0.3) is 0 Å². The van der Waals surface area contributed by atoms with Crippen molar-refractivity contribution in [1.29, 1.82) is 0 Å². The van der Waals surface area contributed by atoms with Crippen molar-refractivity contribution in [3.05, 3.63) is 11.6 Å². The van der Waals surface area contributed by atoms with Gasteiger partial charge in [0, 0.05) is 12.6 Å². The van der Waals surface area contributed by atoms with Crippen molar-refractivity contribution in [2.24, 2.45) is 0 Å². The lowest BCUT2D eigenvalue weighted by molar-refractivity contribution is 0.0841. The third-order valence-corrected chi connectivity index (χ3v) is 2.51. The van der Waals surface area contributed by atoms with Crippen LogP contribution in [0.15, 0.2) is 11.6 Å². The summed E-state index contributed by atoms with van der Waals surface area (Å²) in [6.07, 6.45) is 2.82. The van der Waals surface area contributed by atoms with Gasteiger partial charge in [0.2, 0.25) is 0 Å². The molecule has 0 aromatic rings. The summed E-state index contributed by atoms with van der Waals surface area (Å²) in [4.78, 5) is 2.17. The SMILES string of the molecule is CC1=CCN(C)[C@H](C)[C@H](O)C1. The fourth-order valence-corrected chi connectivity index (χ4v) is 1.34. The van der Waals surface area contributed by atoms with Gasteiger partial charge in [-0.1, -0.05) is 11.6 Å². The topological polar surface area (TPSA) is 23.5 Å². The molecule has 1 aliphatic heterocycles. The molecule has 0 saturated heterocycles. The highest BCUT2D eigenvalue weighted by molar-refractivity contribution is 5.05. The number of aliphatic hydroxyl groups is 1. The first kappa shape index (κ1) is 8.75. The maximum Gasteiger partial charge on any atom is 0.0729 e. The zero-order valence-corrected chi connectivity index (χ0v) is 7.54. The van der Waals surface area contributed by atoms with Gasteiger partial charge in [-0.05, 0) is 27.3 Å². The number of nitrogens with zero attached hydrogens (tertiary/aromatic N) is 1. The molecule has 0 bridgehead atoms. The highest BCUT2D eigenvalue weighted by Crippen LogP contribution is 2.15. The third-order valence-electron chi connectivity index (χ3n) is 2.51. The van der Waals surface area contributed by atoms with E-state index in [1.165, 1.54) is 5.57 Å². The number of rotatable bonds is 0. The fraction of sp³-hybridized carbons (Fsp3) is 0.778. The van der Waals surface area contributed by atoms with Crippen LogP contribution in [-0.2, 0) is 0 Å². The minimum absolute atomic E-state index is 0.196. The zero-order valence-electron chi connectivity index (χ0n) is 7.54. The van der Waals surface area contributed by atoms with Crippen LogP contribution in [0, 0.1) is 0 Å². The smallest absolute Gasteiger partial charge is 0.0729 e. The van der Waals surface area contributed by atoms with Crippen molar-refractivity contribution in [2.75, 3.05) is 13.6 Å². The lowest BCUT2D eigenvalue weighted by atomic mass is 10.1. The molecule has 1 N–H and O–H groups in total. The molecule has 0 unspecified atom stereocenters. The van der Waals surface area contributed by atoms with E-state index in [0.29, 0.717) is 0 Å². The summed E-state index contributed by atoms with van der Waals surface area (Å²) in [6.45, 7) is 5.11. The first-order valence-corrected chi connectivity index (χ1v) is 4.15. The van der Waals surface area contributed by atoms with Crippen LogP contribution >= 0.6 is 0 Å². The van der Waals surface area contributed by atoms with E-state index in [1.54, 1.807) is 0 Å². The van der Waals surface area contributed by atoms with Gasteiger partial charge in [-0.3, -0.25) is 4.90 Å². The molecule has 1 rings (SSSR count). The van der Waals surface area contributed by atoms with Gasteiger partial charge >= 0.3 is 0 Å². The molecule has 1 heterocycles. The average molecular weight is 155 g/mol. The molecule has 2 nitrogen and oxygen atoms in total. The fourth-order valence-electron chi connectivity index (χ4n) is 1.34. The monoisotopic (exact) mass is 155 g/mol. The van der Waals surface area contributed by atoms with E-state index < -0.39 is 0 Å². The van der Waals surface area contributed by atoms with Crippen molar-refractivity contribution >= 4 is 0 Å². The van der Waals surface area contributed by atoms with Gasteiger partial charge in [0.05, 0.1) is 6.10 Å². The van der Waals surface area contributed by atoms with E-state index in [9.17, 15) is 5.11 Å². The molecule has 2 atom stereocenters. The van der Waals surface area contributed by atoms with Crippen LogP contribution in [0.3, 0.4) is 0 Å². The molecule has 0 radical (unpaired) electrons. The van der Waals surface area contributed by atoms with Crippen LogP contribution in [-0.4, -0.2) is 35.7 Å². The van der Waals surface area contributed by atoms with Crippen LogP contribution in [0.4, 0.5) is 0 Å². The van der Waals surface area contributed by atoms with Gasteiger partial charge in [0.15, 0.2) is 0 Å². The lowest BCUT2D eigenvalue weighted by Crippen LogP contribution is -2.37. The van der Waals surface area contributed by atoms with Gasteiger partial charge in [-0.2, -0.15) is 0 Å². The molecule has 2 heteroatoms. The summed E-state index contributed by atoms with van der Waals surface area (Å²) < 4.78 is 0. The molecular weight excluding hydrogens is 138 g/mol. The summed E-state index contributed by atoms with van der Waals surface area (Å²) in [7, 11) is 2.04. The minimum atomic E-state index is -0.196. The third kappa shape index (κ3) is 2.04. The highest BCUT2D eigenvalue weighted by atomic mass is 16.3. The normalized spacial score (nSPS) is 34.7. The molecule has 0 aromatic heterocycles. The van der Waals surface area contributed by atoms with Crippen LogP contribution in [0.5, 0.6) is 0 Å². The molecule has 0 fully saturated rings. The Morgan fingerprint density at radius 2 is 2.27 bits per heavy atom. The van der Waals surface area contributed by atoms with E-state index in [4.69, 9.17) is 0 Å². The molecule has 64 valence electrons. The van der Waals surface area contributed by atoms with Gasteiger partial charge < -0.3 is 5.11 Å². The second-order valence-electron chi connectivity index (χ2n) is 3.50. The summed E-state index contributed by atoms with van der Waals surface area (Å²) in [5.41, 5.74) is 1.30. The molecule has 11 heavy (non-hydrogen) atoms. The number of hydrogen-bond donors (Lipinski definition) is 1. The van der Waals surface area contributed by atoms with E-state index in [0.717, 1.165) is 13.0 Å². The summed E-state index contributed by atoms with van der Waals surface area (Å²) >= 11 is 0. The Bertz CT molecular complexity index is 165. The zero-order chi connectivity index (χ0) is 8.43. The first-order valence-electron chi connectivity index (χ1n) is 4.15. The summed E-state index contributed by atoms with van der Waals surface area (Å²) in [5, 5.41) is 9.62. The summed E-state index contributed by atoms with van der Waals surface area (Å²) in [6, 6.07) is 0.281. The predicted molar refractivity (Wildman–Crippen MR) is 46.5 cm³/mol. The quantitative estimate of drug-likeness (QED) is 0.528. The standard InChI is InChI=1S/C9H17NO/c1-7-4-5-10(3)8(2)9(11)6-7/h4,8-9,11H,5-6H2,1-3H3/t8-,9-/m1/s1. The molecule has 0 aromatic carbocycles. The van der Waals surface area contributed by atoms with Crippen LogP contribution < -0.4 is 0 Å². The van der Waals surface area contributed by atoms with Gasteiger partial charge in [0.1, 0.15) is 0 Å². The maximum absolute atomic E-state index is 9.62. The Hall–Kier alpha value is -0.340. The first-order chi connectivity index (χ1) is 5.11. The molecule has 0 aliphatic carbocycles. The Kier molecular flexibility index (Phi) is 2.68. The second kappa shape index (κ2) is 3.37. The van der Waals surface area contributed by atoms with Gasteiger partial charge in [-0.25, -0.2) is 0 Å². The highest BCUT2D eigenvalue weighted by Gasteiger charge is 2.20. The Labute approximate surface area is 68.5 Å². The molecule has 0 amide bonds. The largest absolute Gasteiger partial charge is 0.391 e. The predicted octanol–water partition coefficient (Wildman–Crippen LogP) is 1.02. The Morgan fingerprint density at radius 3 is 2.91 bits per heavy atom. The number of aliphatic hydroxyl groups excluding tert-OH is 1. The average Bonchev–Trinajstić information content (AvgIpc) is 2.05. The van der Waals surface area contributed by atoms with E-state index in [-0.39, 0.29) is 12.1 Å². The van der Waals surface area contributed by atoms with Gasteiger partial charge in [-0.15, -0.1) is 0 Å². The van der Waals surface area contributed by atoms with Crippen molar-refractivity contribution in [1.82, 2.24) is 4.90 Å². The van der Waals surface area contributed by atoms with E-state index in [2.05, 4.69) is 24.8 Å².